The van der Waals surface area contributed by atoms with Gasteiger partial charge in [0.1, 0.15) is 11.3 Å². The number of nitrogen functional groups attached to an aromatic ring is 1. The molecule has 2 N–H and O–H groups in total. The number of ether oxygens (including phenoxy) is 2. The van der Waals surface area contributed by atoms with E-state index in [-0.39, 0.29) is 34.6 Å². The summed E-state index contributed by atoms with van der Waals surface area (Å²) in [7, 11) is -4.27. The van der Waals surface area contributed by atoms with Crippen LogP contribution in [0.5, 0.6) is 11.6 Å². The van der Waals surface area contributed by atoms with Crippen molar-refractivity contribution in [3.63, 3.8) is 0 Å². The van der Waals surface area contributed by atoms with Crippen LogP contribution in [0, 0.1) is 4.91 Å². The molecule has 0 unspecified atom stereocenters. The van der Waals surface area contributed by atoms with E-state index in [2.05, 4.69) is 30.6 Å². The number of pyridine rings is 1. The number of sulfonamides is 1. The molecule has 17 heteroatoms. The maximum absolute atomic E-state index is 13.4. The lowest BCUT2D eigenvalue weighted by Crippen LogP contribution is -2.42. The predicted octanol–water partition coefficient (Wildman–Crippen LogP) is 2.78. The summed E-state index contributed by atoms with van der Waals surface area (Å²) in [6.07, 6.45) is 1.51. The van der Waals surface area contributed by atoms with E-state index in [1.807, 2.05) is 35.2 Å². The van der Waals surface area contributed by atoms with Crippen LogP contribution in [-0.2, 0) is 19.7 Å². The van der Waals surface area contributed by atoms with Crippen LogP contribution in [-0.4, -0.2) is 82.0 Å². The predicted molar refractivity (Wildman–Crippen MR) is 151 cm³/mol. The summed E-state index contributed by atoms with van der Waals surface area (Å²) in [6, 6.07) is 16.8. The van der Waals surface area contributed by atoms with E-state index < -0.39 is 10.0 Å². The van der Waals surface area contributed by atoms with E-state index in [4.69, 9.17) is 19.8 Å². The van der Waals surface area contributed by atoms with Crippen LogP contribution in [0.25, 0.3) is 28.2 Å². The second-order valence-electron chi connectivity index (χ2n) is 9.33. The number of imidazole rings is 1. The number of para-hydroxylation sites is 1. The van der Waals surface area contributed by atoms with Gasteiger partial charge in [0.05, 0.1) is 36.4 Å². The van der Waals surface area contributed by atoms with Crippen molar-refractivity contribution >= 4 is 26.9 Å². The Hall–Kier alpha value is -4.97. The molecule has 0 spiro atoms. The minimum Gasteiger partial charge on any atom is -0.439 e. The standard InChI is InChI=1S/C26H25N9O7S/c27-25-24(30-41-31-25)26-29-21-17-28-23(16-22(21)35(26)18-5-2-1-3-6-18)40-19-7-4-8-20(15-19)43(37,38)34(42-32-36)10-9-33-11-13-39-14-12-33/h1-8,15-17H,9-14H2,(H2,27,31). The number of hydrogen-bond donors (Lipinski definition) is 1. The number of aromatic nitrogens is 5. The summed E-state index contributed by atoms with van der Waals surface area (Å²) in [4.78, 5) is 26.4. The van der Waals surface area contributed by atoms with Gasteiger partial charge >= 0.3 is 0 Å². The number of nitrogens with two attached hydrogens (primary N) is 1. The van der Waals surface area contributed by atoms with Gasteiger partial charge in [-0.05, 0) is 34.6 Å². The zero-order valence-electron chi connectivity index (χ0n) is 22.5. The molecule has 2 aromatic carbocycles. The number of morpholine rings is 1. The van der Waals surface area contributed by atoms with Gasteiger partial charge in [-0.25, -0.2) is 28.0 Å². The topological polar surface area (TPSA) is 193 Å². The molecule has 0 aliphatic carbocycles. The molecule has 0 saturated carbocycles. The third-order valence-electron chi connectivity index (χ3n) is 6.68. The third-order valence-corrected chi connectivity index (χ3v) is 8.31. The van der Waals surface area contributed by atoms with Gasteiger partial charge in [-0.2, -0.15) is 0 Å². The number of hydroxylamine groups is 1. The summed E-state index contributed by atoms with van der Waals surface area (Å²) in [5.41, 5.74) is 8.10. The SMILES string of the molecule is Nc1nonc1-c1nc2cnc(Oc3cccc(S(=O)(=O)N(CCN4CCOCC4)ON=O)c3)cc2n1-c1ccccc1. The minimum absolute atomic E-state index is 0.0719. The molecule has 0 radical (unpaired) electrons. The van der Waals surface area contributed by atoms with Gasteiger partial charge in [-0.15, -0.1) is 4.91 Å². The zero-order chi connectivity index (χ0) is 29.8. The summed E-state index contributed by atoms with van der Waals surface area (Å²) >= 11 is 0. The summed E-state index contributed by atoms with van der Waals surface area (Å²) in [5.74, 6) is 0.790. The number of benzene rings is 2. The molecule has 0 amide bonds. The molecule has 43 heavy (non-hydrogen) atoms. The largest absolute Gasteiger partial charge is 0.439 e. The van der Waals surface area contributed by atoms with Crippen molar-refractivity contribution in [2.45, 2.75) is 4.90 Å². The smallest absolute Gasteiger partial charge is 0.276 e. The fraction of sp³-hybridized carbons (Fsp3) is 0.231. The molecular formula is C26H25N9O7S. The average Bonchev–Trinajstić information content (AvgIpc) is 3.63. The van der Waals surface area contributed by atoms with Gasteiger partial charge in [0.25, 0.3) is 10.0 Å². The van der Waals surface area contributed by atoms with Crippen LogP contribution < -0.4 is 10.5 Å². The van der Waals surface area contributed by atoms with E-state index in [9.17, 15) is 13.3 Å². The third kappa shape index (κ3) is 5.86. The molecule has 6 rings (SSSR count). The fourth-order valence-electron chi connectivity index (χ4n) is 4.59. The van der Waals surface area contributed by atoms with Crippen molar-refractivity contribution in [3.8, 4) is 28.8 Å². The maximum atomic E-state index is 13.4. The lowest BCUT2D eigenvalue weighted by molar-refractivity contribution is -0.0916. The molecule has 4 heterocycles. The van der Waals surface area contributed by atoms with Crippen molar-refractivity contribution in [1.29, 1.82) is 0 Å². The number of rotatable bonds is 11. The highest BCUT2D eigenvalue weighted by atomic mass is 32.2. The van der Waals surface area contributed by atoms with Crippen LogP contribution in [0.1, 0.15) is 0 Å². The van der Waals surface area contributed by atoms with Crippen molar-refractivity contribution in [1.82, 2.24) is 34.2 Å². The monoisotopic (exact) mass is 607 g/mol. The van der Waals surface area contributed by atoms with Gasteiger partial charge in [-0.3, -0.25) is 9.47 Å². The average molecular weight is 608 g/mol. The molecule has 1 saturated heterocycles. The Morgan fingerprint density at radius 3 is 2.60 bits per heavy atom. The van der Waals surface area contributed by atoms with Crippen molar-refractivity contribution in [2.75, 3.05) is 45.1 Å². The highest BCUT2D eigenvalue weighted by Crippen LogP contribution is 2.32. The molecule has 1 fully saturated rings. The fourth-order valence-corrected chi connectivity index (χ4v) is 5.78. The molecular weight excluding hydrogens is 582 g/mol. The van der Waals surface area contributed by atoms with Gasteiger partial charge < -0.3 is 15.2 Å². The highest BCUT2D eigenvalue weighted by molar-refractivity contribution is 7.89. The minimum atomic E-state index is -4.27. The number of hydrogen-bond acceptors (Lipinski definition) is 14. The number of fused-ring (bicyclic) bond motifs is 1. The highest BCUT2D eigenvalue weighted by Gasteiger charge is 2.29. The second kappa shape index (κ2) is 12.1. The molecule has 222 valence electrons. The van der Waals surface area contributed by atoms with Gasteiger partial charge in [0.15, 0.2) is 22.7 Å². The van der Waals surface area contributed by atoms with E-state index in [1.54, 1.807) is 16.7 Å². The number of anilines is 1. The molecule has 0 bridgehead atoms. The van der Waals surface area contributed by atoms with Crippen LogP contribution in [0.4, 0.5) is 5.82 Å². The lowest BCUT2D eigenvalue weighted by atomic mass is 10.3. The summed E-state index contributed by atoms with van der Waals surface area (Å²) in [5, 5.41) is 9.92. The summed E-state index contributed by atoms with van der Waals surface area (Å²) in [6.45, 7) is 2.56. The lowest BCUT2D eigenvalue weighted by Gasteiger charge is -2.27. The first-order valence-corrected chi connectivity index (χ1v) is 14.5. The van der Waals surface area contributed by atoms with Crippen molar-refractivity contribution < 1.29 is 27.5 Å². The molecule has 3 aromatic heterocycles. The van der Waals surface area contributed by atoms with Crippen LogP contribution in [0.2, 0.25) is 0 Å². The molecule has 1 aliphatic rings. The Morgan fingerprint density at radius 1 is 1.05 bits per heavy atom. The Kier molecular flexibility index (Phi) is 7.93. The Balaban J connectivity index is 1.30. The molecule has 5 aromatic rings. The van der Waals surface area contributed by atoms with Crippen LogP contribution in [0.3, 0.4) is 0 Å². The first kappa shape index (κ1) is 28.2. The normalized spacial score (nSPS) is 14.3. The maximum Gasteiger partial charge on any atom is 0.276 e. The van der Waals surface area contributed by atoms with Crippen LogP contribution in [0.15, 0.2) is 81.7 Å². The first-order chi connectivity index (χ1) is 20.9. The van der Waals surface area contributed by atoms with Crippen LogP contribution >= 0.6 is 0 Å². The van der Waals surface area contributed by atoms with Crippen molar-refractivity contribution in [2.24, 2.45) is 5.34 Å². The van der Waals surface area contributed by atoms with Gasteiger partial charge in [0, 0.05) is 41.9 Å². The molecule has 1 aliphatic heterocycles. The van der Waals surface area contributed by atoms with E-state index in [0.29, 0.717) is 54.2 Å². The molecule has 0 atom stereocenters. The van der Waals surface area contributed by atoms with Gasteiger partial charge in [0.2, 0.25) is 5.88 Å². The second-order valence-corrected chi connectivity index (χ2v) is 11.2. The zero-order valence-corrected chi connectivity index (χ0v) is 23.3. The van der Waals surface area contributed by atoms with E-state index >= 15 is 0 Å². The first-order valence-electron chi connectivity index (χ1n) is 13.1. The van der Waals surface area contributed by atoms with Crippen molar-refractivity contribution in [3.05, 3.63) is 71.8 Å². The Morgan fingerprint density at radius 2 is 1.86 bits per heavy atom. The van der Waals surface area contributed by atoms with E-state index in [0.717, 1.165) is 5.69 Å². The number of nitrogens with zero attached hydrogens (tertiary/aromatic N) is 8. The Labute approximate surface area is 244 Å². The Bertz CT molecular complexity index is 1840. The molecule has 16 nitrogen and oxygen atoms in total. The van der Waals surface area contributed by atoms with Gasteiger partial charge in [-0.1, -0.05) is 24.3 Å². The summed E-state index contributed by atoms with van der Waals surface area (Å²) < 4.78 is 45.2. The van der Waals surface area contributed by atoms with E-state index in [1.165, 1.54) is 24.4 Å². The quantitative estimate of drug-likeness (QED) is 0.170.